The molecule has 3 rings (SSSR count). The molecule has 4 nitrogen and oxygen atoms in total. The lowest BCUT2D eigenvalue weighted by atomic mass is 10.2. The van der Waals surface area contributed by atoms with Crippen molar-refractivity contribution in [2.45, 2.75) is 13.1 Å². The molecule has 0 atom stereocenters. The Morgan fingerprint density at radius 3 is 1.96 bits per heavy atom. The normalized spacial score (nSPS) is 11.4. The molecule has 0 amide bonds. The SMILES string of the molecule is Cc1ccc(N(C)c2ncc(C(F)(F)F)c(N(C)c3ccc(Br)cc3)n2)cc1. The largest absolute Gasteiger partial charge is 0.421 e. The van der Waals surface area contributed by atoms with Crippen LogP contribution in [0, 0.1) is 6.92 Å². The van der Waals surface area contributed by atoms with Crippen LogP contribution >= 0.6 is 15.9 Å². The van der Waals surface area contributed by atoms with E-state index in [0.29, 0.717) is 5.69 Å². The van der Waals surface area contributed by atoms with Gasteiger partial charge in [-0.15, -0.1) is 0 Å². The van der Waals surface area contributed by atoms with E-state index in [1.165, 1.54) is 4.90 Å². The highest BCUT2D eigenvalue weighted by atomic mass is 79.9. The molecule has 0 saturated heterocycles. The predicted molar refractivity (Wildman–Crippen MR) is 108 cm³/mol. The molecule has 1 heterocycles. The van der Waals surface area contributed by atoms with Gasteiger partial charge in [0.2, 0.25) is 5.95 Å². The zero-order valence-corrected chi connectivity index (χ0v) is 17.1. The van der Waals surface area contributed by atoms with Crippen LogP contribution < -0.4 is 9.80 Å². The van der Waals surface area contributed by atoms with Crippen LogP contribution in [0.5, 0.6) is 0 Å². The van der Waals surface area contributed by atoms with Crippen molar-refractivity contribution >= 4 is 39.1 Å². The van der Waals surface area contributed by atoms with Crippen LogP contribution in [-0.2, 0) is 6.18 Å². The fraction of sp³-hybridized carbons (Fsp3) is 0.200. The van der Waals surface area contributed by atoms with Crippen molar-refractivity contribution in [3.8, 4) is 0 Å². The quantitative estimate of drug-likeness (QED) is 0.480. The molecule has 0 fully saturated rings. The first kappa shape index (κ1) is 20.1. The van der Waals surface area contributed by atoms with E-state index >= 15 is 0 Å². The average Bonchev–Trinajstić information content (AvgIpc) is 2.67. The molecule has 0 spiro atoms. The smallest absolute Gasteiger partial charge is 0.329 e. The zero-order valence-electron chi connectivity index (χ0n) is 15.5. The van der Waals surface area contributed by atoms with Gasteiger partial charge >= 0.3 is 6.18 Å². The summed E-state index contributed by atoms with van der Waals surface area (Å²) >= 11 is 3.33. The highest BCUT2D eigenvalue weighted by Gasteiger charge is 2.37. The lowest BCUT2D eigenvalue weighted by molar-refractivity contribution is -0.137. The van der Waals surface area contributed by atoms with Gasteiger partial charge in [-0.25, -0.2) is 4.98 Å². The van der Waals surface area contributed by atoms with Crippen molar-refractivity contribution in [3.05, 3.63) is 70.3 Å². The Morgan fingerprint density at radius 2 is 1.39 bits per heavy atom. The maximum absolute atomic E-state index is 13.6. The molecule has 3 aromatic rings. The van der Waals surface area contributed by atoms with E-state index in [9.17, 15) is 13.2 Å². The fourth-order valence-corrected chi connectivity index (χ4v) is 2.92. The summed E-state index contributed by atoms with van der Waals surface area (Å²) in [4.78, 5) is 11.3. The first-order valence-corrected chi connectivity index (χ1v) is 9.20. The molecule has 8 heteroatoms. The third-order valence-corrected chi connectivity index (χ3v) is 4.84. The third kappa shape index (κ3) is 4.27. The van der Waals surface area contributed by atoms with E-state index < -0.39 is 11.7 Å². The number of rotatable bonds is 4. The molecule has 0 aliphatic rings. The summed E-state index contributed by atoms with van der Waals surface area (Å²) < 4.78 is 41.5. The maximum atomic E-state index is 13.6. The van der Waals surface area contributed by atoms with Crippen LogP contribution in [0.1, 0.15) is 11.1 Å². The van der Waals surface area contributed by atoms with E-state index in [1.807, 2.05) is 31.2 Å². The Hall–Kier alpha value is -2.61. The number of benzene rings is 2. The molecule has 28 heavy (non-hydrogen) atoms. The van der Waals surface area contributed by atoms with Crippen molar-refractivity contribution in [3.63, 3.8) is 0 Å². The third-order valence-electron chi connectivity index (χ3n) is 4.31. The summed E-state index contributed by atoms with van der Waals surface area (Å²) in [6.07, 6.45) is -3.74. The second-order valence-corrected chi connectivity index (χ2v) is 7.25. The number of alkyl halides is 3. The number of hydrogen-bond acceptors (Lipinski definition) is 4. The van der Waals surface area contributed by atoms with E-state index in [2.05, 4.69) is 25.9 Å². The lowest BCUT2D eigenvalue weighted by Crippen LogP contribution is -2.21. The van der Waals surface area contributed by atoms with Crippen molar-refractivity contribution in [1.82, 2.24) is 9.97 Å². The van der Waals surface area contributed by atoms with Gasteiger partial charge in [-0.3, -0.25) is 0 Å². The van der Waals surface area contributed by atoms with Crippen LogP contribution in [0.25, 0.3) is 0 Å². The summed E-state index contributed by atoms with van der Waals surface area (Å²) in [5, 5.41) is 0. The summed E-state index contributed by atoms with van der Waals surface area (Å²) in [5.41, 5.74) is 1.55. The van der Waals surface area contributed by atoms with Crippen molar-refractivity contribution in [2.24, 2.45) is 0 Å². The number of aryl methyl sites for hydroxylation is 1. The molecule has 0 bridgehead atoms. The van der Waals surface area contributed by atoms with Gasteiger partial charge in [-0.1, -0.05) is 33.6 Å². The van der Waals surface area contributed by atoms with Gasteiger partial charge in [0, 0.05) is 36.1 Å². The monoisotopic (exact) mass is 450 g/mol. The molecule has 0 N–H and O–H groups in total. The number of anilines is 4. The van der Waals surface area contributed by atoms with Crippen LogP contribution in [0.15, 0.2) is 59.2 Å². The van der Waals surface area contributed by atoms with Crippen LogP contribution in [-0.4, -0.2) is 24.1 Å². The molecular weight excluding hydrogens is 433 g/mol. The molecule has 0 saturated carbocycles. The van der Waals surface area contributed by atoms with Crippen molar-refractivity contribution < 1.29 is 13.2 Å². The number of halogens is 4. The van der Waals surface area contributed by atoms with E-state index in [4.69, 9.17) is 0 Å². The average molecular weight is 451 g/mol. The summed E-state index contributed by atoms with van der Waals surface area (Å²) in [7, 11) is 3.27. The number of aromatic nitrogens is 2. The maximum Gasteiger partial charge on any atom is 0.421 e. The van der Waals surface area contributed by atoms with E-state index in [-0.39, 0.29) is 11.8 Å². The minimum Gasteiger partial charge on any atom is -0.329 e. The Balaban J connectivity index is 2.06. The van der Waals surface area contributed by atoms with Gasteiger partial charge in [0.05, 0.1) is 0 Å². The highest BCUT2D eigenvalue weighted by molar-refractivity contribution is 9.10. The summed E-state index contributed by atoms with van der Waals surface area (Å²) in [6, 6.07) is 14.5. The van der Waals surface area contributed by atoms with Gasteiger partial charge in [0.25, 0.3) is 0 Å². The Morgan fingerprint density at radius 1 is 0.857 bits per heavy atom. The van der Waals surface area contributed by atoms with Crippen LogP contribution in [0.2, 0.25) is 0 Å². The molecule has 146 valence electrons. The zero-order chi connectivity index (χ0) is 20.5. The van der Waals surface area contributed by atoms with Gasteiger partial charge < -0.3 is 9.80 Å². The van der Waals surface area contributed by atoms with Crippen molar-refractivity contribution in [1.29, 1.82) is 0 Å². The molecule has 0 unspecified atom stereocenters. The van der Waals surface area contributed by atoms with Gasteiger partial charge in [-0.2, -0.15) is 18.2 Å². The highest BCUT2D eigenvalue weighted by Crippen LogP contribution is 2.38. The lowest BCUT2D eigenvalue weighted by Gasteiger charge is -2.25. The van der Waals surface area contributed by atoms with Crippen LogP contribution in [0.3, 0.4) is 0 Å². The van der Waals surface area contributed by atoms with Crippen molar-refractivity contribution in [2.75, 3.05) is 23.9 Å². The predicted octanol–water partition coefficient (Wildman–Crippen LogP) is 6.10. The number of nitrogens with zero attached hydrogens (tertiary/aromatic N) is 4. The number of hydrogen-bond donors (Lipinski definition) is 0. The van der Waals surface area contributed by atoms with Crippen LogP contribution in [0.4, 0.5) is 36.3 Å². The minimum absolute atomic E-state index is 0.177. The fourth-order valence-electron chi connectivity index (χ4n) is 2.65. The summed E-state index contributed by atoms with van der Waals surface area (Å²) in [6.45, 7) is 1.96. The topological polar surface area (TPSA) is 32.3 Å². The molecule has 0 aliphatic heterocycles. The van der Waals surface area contributed by atoms with Gasteiger partial charge in [0.15, 0.2) is 5.82 Å². The second kappa shape index (κ2) is 7.79. The Labute approximate surface area is 169 Å². The van der Waals surface area contributed by atoms with E-state index in [1.54, 1.807) is 43.3 Å². The minimum atomic E-state index is -4.57. The molecular formula is C20H18BrF3N4. The van der Waals surface area contributed by atoms with E-state index in [0.717, 1.165) is 21.9 Å². The molecule has 0 radical (unpaired) electrons. The Kier molecular flexibility index (Phi) is 5.60. The summed E-state index contributed by atoms with van der Waals surface area (Å²) in [5.74, 6) is -0.0328. The first-order valence-electron chi connectivity index (χ1n) is 8.41. The Bertz CT molecular complexity index is 957. The molecule has 1 aromatic heterocycles. The van der Waals surface area contributed by atoms with Gasteiger partial charge in [-0.05, 0) is 43.3 Å². The second-order valence-electron chi connectivity index (χ2n) is 6.34. The molecule has 2 aromatic carbocycles. The molecule has 0 aliphatic carbocycles. The standard InChI is InChI=1S/C20H18BrF3N4/c1-13-4-8-16(9-5-13)28(3)19-25-12-17(20(22,23)24)18(26-19)27(2)15-10-6-14(21)7-11-15/h4-12H,1-3H3. The van der Waals surface area contributed by atoms with Gasteiger partial charge in [0.1, 0.15) is 5.56 Å². The first-order chi connectivity index (χ1) is 13.2.